The number of nitrogens with zero attached hydrogens (tertiary/aromatic N) is 5. The van der Waals surface area contributed by atoms with Crippen LogP contribution in [0.15, 0.2) is 54.7 Å². The summed E-state index contributed by atoms with van der Waals surface area (Å²) < 4.78 is 58.4. The van der Waals surface area contributed by atoms with Gasteiger partial charge in [0.2, 0.25) is 11.8 Å². The van der Waals surface area contributed by atoms with Crippen LogP contribution in [0.3, 0.4) is 0 Å². The zero-order valence-corrected chi connectivity index (χ0v) is 29.4. The molecule has 0 radical (unpaired) electrons. The summed E-state index contributed by atoms with van der Waals surface area (Å²) in [4.78, 5) is 56.8. The molecule has 4 amide bonds. The van der Waals surface area contributed by atoms with E-state index in [1.807, 2.05) is 16.9 Å². The molecule has 5 heterocycles. The number of aromatic nitrogens is 3. The molecule has 7 rings (SSSR count). The van der Waals surface area contributed by atoms with Crippen LogP contribution < -0.4 is 20.1 Å². The van der Waals surface area contributed by atoms with Crippen molar-refractivity contribution in [2.24, 2.45) is 0 Å². The molecule has 4 aromatic rings. The Labute approximate surface area is 314 Å². The Morgan fingerprint density at radius 2 is 1.82 bits per heavy atom. The van der Waals surface area contributed by atoms with Crippen molar-refractivity contribution in [3.63, 3.8) is 0 Å². The van der Waals surface area contributed by atoms with E-state index in [0.717, 1.165) is 55.6 Å². The predicted molar refractivity (Wildman–Crippen MR) is 194 cm³/mol. The van der Waals surface area contributed by atoms with Gasteiger partial charge < -0.3 is 29.3 Å². The van der Waals surface area contributed by atoms with E-state index in [2.05, 4.69) is 20.5 Å². The molecule has 2 aromatic heterocycles. The number of anilines is 1. The summed E-state index contributed by atoms with van der Waals surface area (Å²) in [5, 5.41) is 10.4. The Bertz CT molecular complexity index is 2080. The normalized spacial score (nSPS) is 17.9. The fraction of sp³-hybridized carbons (Fsp3) is 0.421. The van der Waals surface area contributed by atoms with Gasteiger partial charge in [-0.2, -0.15) is 18.3 Å². The molecule has 0 saturated carbocycles. The smallest absolute Gasteiger partial charge is 0.433 e. The van der Waals surface area contributed by atoms with E-state index >= 15 is 0 Å². The van der Waals surface area contributed by atoms with Crippen molar-refractivity contribution in [2.75, 3.05) is 51.9 Å². The topological polar surface area (TPSA) is 157 Å². The second-order valence-electron chi connectivity index (χ2n) is 13.3. The number of piperidine rings is 2. The molecule has 2 saturated heterocycles. The van der Waals surface area contributed by atoms with Crippen LogP contribution in [-0.4, -0.2) is 101 Å². The highest BCUT2D eigenvalue weighted by molar-refractivity contribution is 6.06. The van der Waals surface area contributed by atoms with Crippen molar-refractivity contribution in [3.05, 3.63) is 77.2 Å². The number of pyridine rings is 1. The number of halogens is 3. The van der Waals surface area contributed by atoms with Crippen LogP contribution in [0.4, 0.5) is 18.9 Å². The highest BCUT2D eigenvalue weighted by Gasteiger charge is 2.39. The number of carbonyl (C=O) groups is 4. The largest absolute Gasteiger partial charge is 0.494 e. The first-order valence-electron chi connectivity index (χ1n) is 17.6. The number of carbonyl (C=O) groups excluding carboxylic acids is 4. The molecule has 3 aliphatic rings. The SMILES string of the molecule is C.COc1cc2nn(C3CCN(CCOCCOc4ccc5c(c4)CN(C4CCC(=O)NC4=O)C5=O)CC3)cc2cc1NC(=O)c1cccc(C(F)(F)F)n1. The van der Waals surface area contributed by atoms with Crippen LogP contribution in [0.1, 0.15) is 71.3 Å². The molecule has 3 aliphatic heterocycles. The van der Waals surface area contributed by atoms with E-state index in [0.29, 0.717) is 48.8 Å². The zero-order valence-electron chi connectivity index (χ0n) is 29.4. The number of alkyl halides is 3. The molecule has 0 bridgehead atoms. The van der Waals surface area contributed by atoms with Gasteiger partial charge in [0, 0.05) is 55.8 Å². The van der Waals surface area contributed by atoms with Crippen molar-refractivity contribution in [1.29, 1.82) is 0 Å². The fourth-order valence-corrected chi connectivity index (χ4v) is 6.99. The van der Waals surface area contributed by atoms with Gasteiger partial charge in [0.05, 0.1) is 37.6 Å². The first-order valence-corrected chi connectivity index (χ1v) is 17.6. The van der Waals surface area contributed by atoms with E-state index in [9.17, 15) is 32.3 Å². The number of amides is 4. The van der Waals surface area contributed by atoms with E-state index in [-0.39, 0.29) is 49.6 Å². The average molecular weight is 766 g/mol. The lowest BCUT2D eigenvalue weighted by molar-refractivity contribution is -0.141. The number of ether oxygens (including phenoxy) is 3. The van der Waals surface area contributed by atoms with Gasteiger partial charge in [0.15, 0.2) is 0 Å². The van der Waals surface area contributed by atoms with Crippen molar-refractivity contribution < 1.29 is 46.6 Å². The van der Waals surface area contributed by atoms with E-state index in [1.165, 1.54) is 18.1 Å². The molecule has 1 unspecified atom stereocenters. The zero-order chi connectivity index (χ0) is 38.0. The maximum absolute atomic E-state index is 13.1. The van der Waals surface area contributed by atoms with E-state index in [4.69, 9.17) is 19.3 Å². The Morgan fingerprint density at radius 3 is 2.56 bits per heavy atom. The second kappa shape index (κ2) is 16.4. The number of methoxy groups -OCH3 is 1. The minimum absolute atomic E-state index is 0. The first-order chi connectivity index (χ1) is 26.0. The molecule has 0 spiro atoms. The first kappa shape index (κ1) is 39.2. The summed E-state index contributed by atoms with van der Waals surface area (Å²) in [6.07, 6.45) is -0.545. The van der Waals surface area contributed by atoms with Crippen LogP contribution in [0.2, 0.25) is 0 Å². The summed E-state index contributed by atoms with van der Waals surface area (Å²) in [6.45, 7) is 3.98. The van der Waals surface area contributed by atoms with Gasteiger partial charge in [-0.05, 0) is 61.2 Å². The van der Waals surface area contributed by atoms with Gasteiger partial charge >= 0.3 is 6.18 Å². The molecule has 0 aliphatic carbocycles. The number of imide groups is 1. The van der Waals surface area contributed by atoms with Crippen LogP contribution in [0, 0.1) is 0 Å². The number of benzene rings is 2. The quantitative estimate of drug-likeness (QED) is 0.151. The number of likely N-dealkylation sites (tertiary alicyclic amines) is 1. The lowest BCUT2D eigenvalue weighted by atomic mass is 10.0. The van der Waals surface area contributed by atoms with Crippen molar-refractivity contribution >= 4 is 40.2 Å². The van der Waals surface area contributed by atoms with Gasteiger partial charge in [-0.15, -0.1) is 0 Å². The molecule has 2 fully saturated rings. The van der Waals surface area contributed by atoms with Gasteiger partial charge in [0.1, 0.15) is 35.5 Å². The van der Waals surface area contributed by atoms with Gasteiger partial charge in [-0.25, -0.2) is 4.98 Å². The Morgan fingerprint density at radius 1 is 1.02 bits per heavy atom. The molecule has 292 valence electrons. The van der Waals surface area contributed by atoms with Gasteiger partial charge in [-0.3, -0.25) is 29.2 Å². The van der Waals surface area contributed by atoms with E-state index < -0.39 is 29.7 Å². The number of hydrogen-bond donors (Lipinski definition) is 2. The lowest BCUT2D eigenvalue weighted by Crippen LogP contribution is -2.52. The average Bonchev–Trinajstić information content (AvgIpc) is 3.72. The molecule has 2 aromatic carbocycles. The maximum Gasteiger partial charge on any atom is 0.433 e. The number of rotatable bonds is 12. The molecule has 55 heavy (non-hydrogen) atoms. The maximum atomic E-state index is 13.1. The van der Waals surface area contributed by atoms with E-state index in [1.54, 1.807) is 24.3 Å². The number of nitrogens with one attached hydrogen (secondary N) is 2. The highest BCUT2D eigenvalue weighted by atomic mass is 19.4. The summed E-state index contributed by atoms with van der Waals surface area (Å²) in [7, 11) is 1.43. The standard InChI is InChI=1S/C37H38F3N7O7.CH4/c1-52-31-19-28-23(18-29(31)42-34(49)27-3-2-4-32(41-27)37(38,39)40)21-47(44-28)24-9-11-45(12-10-24)13-14-53-15-16-54-25-5-6-26-22(17-25)20-46(36(26)51)30-7-8-33(48)43-35(30)50;/h2-6,17-19,21,24,30H,7-16,20H2,1H3,(H,42,49)(H,43,48,50);1H4. The monoisotopic (exact) mass is 765 g/mol. The van der Waals surface area contributed by atoms with Gasteiger partial charge in [-0.1, -0.05) is 13.5 Å². The third-order valence-electron chi connectivity index (χ3n) is 9.84. The molecular formula is C38H42F3N7O7. The van der Waals surface area contributed by atoms with Crippen LogP contribution in [0.5, 0.6) is 11.5 Å². The number of fused-ring (bicyclic) bond motifs is 2. The van der Waals surface area contributed by atoms with Crippen molar-refractivity contribution in [2.45, 2.75) is 57.9 Å². The molecule has 1 atom stereocenters. The second-order valence-corrected chi connectivity index (χ2v) is 13.3. The third-order valence-corrected chi connectivity index (χ3v) is 9.84. The lowest BCUT2D eigenvalue weighted by Gasteiger charge is -2.31. The minimum atomic E-state index is -4.67. The third kappa shape index (κ3) is 8.73. The molecule has 17 heteroatoms. The van der Waals surface area contributed by atoms with Crippen LogP contribution in [-0.2, 0) is 27.0 Å². The minimum Gasteiger partial charge on any atom is -0.494 e. The fourth-order valence-electron chi connectivity index (χ4n) is 6.99. The van der Waals surface area contributed by atoms with Gasteiger partial charge in [0.25, 0.3) is 11.8 Å². The summed E-state index contributed by atoms with van der Waals surface area (Å²) in [6, 6.07) is 11.2. The summed E-state index contributed by atoms with van der Waals surface area (Å²) in [5.41, 5.74) is 0.725. The predicted octanol–water partition coefficient (Wildman–Crippen LogP) is 4.84. The summed E-state index contributed by atoms with van der Waals surface area (Å²) in [5.74, 6) is -0.870. The Kier molecular flexibility index (Phi) is 11.7. The van der Waals surface area contributed by atoms with Crippen molar-refractivity contribution in [1.82, 2.24) is 29.9 Å². The molecule has 2 N–H and O–H groups in total. The highest BCUT2D eigenvalue weighted by Crippen LogP contribution is 2.33. The van der Waals surface area contributed by atoms with Crippen LogP contribution >= 0.6 is 0 Å². The molecular weight excluding hydrogens is 723 g/mol. The van der Waals surface area contributed by atoms with Crippen molar-refractivity contribution in [3.8, 4) is 11.5 Å². The Hall–Kier alpha value is -5.55. The number of hydrogen-bond acceptors (Lipinski definition) is 10. The Balaban J connectivity index is 0.00000514. The van der Waals surface area contributed by atoms with Crippen LogP contribution in [0.25, 0.3) is 10.9 Å². The molecule has 14 nitrogen and oxygen atoms in total. The summed E-state index contributed by atoms with van der Waals surface area (Å²) >= 11 is 0.